The van der Waals surface area contributed by atoms with E-state index in [1.54, 1.807) is 12.1 Å². The highest BCUT2D eigenvalue weighted by Crippen LogP contribution is 2.22. The smallest absolute Gasteiger partial charge is 0.143 e. The molecule has 0 bridgehead atoms. The minimum Gasteiger partial charge on any atom is -0.395 e. The van der Waals surface area contributed by atoms with Crippen molar-refractivity contribution in [1.82, 2.24) is 0 Å². The fourth-order valence-corrected chi connectivity index (χ4v) is 1.71. The van der Waals surface area contributed by atoms with E-state index < -0.39 is 5.82 Å². The Morgan fingerprint density at radius 2 is 2.18 bits per heavy atom. The van der Waals surface area contributed by atoms with Gasteiger partial charge in [0, 0.05) is 13.1 Å². The van der Waals surface area contributed by atoms with Gasteiger partial charge in [0.05, 0.1) is 12.3 Å². The highest BCUT2D eigenvalue weighted by Gasteiger charge is 2.13. The minimum absolute atomic E-state index is 0.00883. The summed E-state index contributed by atoms with van der Waals surface area (Å²) in [6.45, 7) is 3.19. The van der Waals surface area contributed by atoms with Crippen molar-refractivity contribution < 1.29 is 9.50 Å². The molecule has 0 fully saturated rings. The van der Waals surface area contributed by atoms with E-state index >= 15 is 0 Å². The Hall–Kier alpha value is -1.60. The Morgan fingerprint density at radius 3 is 2.76 bits per heavy atom. The lowest BCUT2D eigenvalue weighted by Gasteiger charge is -2.24. The third-order valence-electron chi connectivity index (χ3n) is 2.60. The van der Waals surface area contributed by atoms with Gasteiger partial charge in [-0.1, -0.05) is 19.4 Å². The maximum absolute atomic E-state index is 13.5. The molecule has 92 valence electrons. The van der Waals surface area contributed by atoms with Gasteiger partial charge in [0.2, 0.25) is 0 Å². The van der Waals surface area contributed by atoms with Crippen molar-refractivity contribution in [3.8, 4) is 6.07 Å². The van der Waals surface area contributed by atoms with Crippen LogP contribution < -0.4 is 4.90 Å². The lowest BCUT2D eigenvalue weighted by Crippen LogP contribution is -2.28. The van der Waals surface area contributed by atoms with Crippen LogP contribution in [0.25, 0.3) is 0 Å². The van der Waals surface area contributed by atoms with Crippen molar-refractivity contribution in [2.24, 2.45) is 0 Å². The summed E-state index contributed by atoms with van der Waals surface area (Å²) in [5.41, 5.74) is 0.618. The van der Waals surface area contributed by atoms with Crippen LogP contribution in [0.4, 0.5) is 10.1 Å². The molecule has 1 aromatic carbocycles. The molecule has 0 saturated carbocycles. The molecule has 0 saturated heterocycles. The molecule has 0 aliphatic carbocycles. The monoisotopic (exact) mass is 236 g/mol. The summed E-state index contributed by atoms with van der Waals surface area (Å²) in [7, 11) is 0. The van der Waals surface area contributed by atoms with E-state index in [0.717, 1.165) is 19.4 Å². The van der Waals surface area contributed by atoms with Gasteiger partial charge in [-0.3, -0.25) is 0 Å². The van der Waals surface area contributed by atoms with Crippen molar-refractivity contribution in [3.05, 3.63) is 29.6 Å². The lowest BCUT2D eigenvalue weighted by atomic mass is 10.1. The Bertz CT molecular complexity index is 401. The second-order valence-corrected chi connectivity index (χ2v) is 3.81. The standard InChI is InChI=1S/C13H17FN2O/c1-2-3-7-16(8-9-17)13-6-4-5-12(14)11(13)10-15/h4-6,17H,2-3,7-9H2,1H3. The van der Waals surface area contributed by atoms with E-state index in [-0.39, 0.29) is 12.2 Å². The molecule has 0 radical (unpaired) electrons. The zero-order valence-corrected chi connectivity index (χ0v) is 9.99. The topological polar surface area (TPSA) is 47.3 Å². The first kappa shape index (κ1) is 13.5. The molecule has 0 heterocycles. The summed E-state index contributed by atoms with van der Waals surface area (Å²) in [5, 5.41) is 18.0. The molecule has 0 atom stereocenters. The number of halogens is 1. The summed E-state index contributed by atoms with van der Waals surface area (Å²) in [6.07, 6.45) is 1.96. The number of nitriles is 1. The van der Waals surface area contributed by atoms with E-state index in [2.05, 4.69) is 6.92 Å². The van der Waals surface area contributed by atoms with Crippen LogP contribution in [0, 0.1) is 17.1 Å². The SMILES string of the molecule is CCCCN(CCO)c1cccc(F)c1C#N. The van der Waals surface area contributed by atoms with Crippen LogP contribution in [-0.2, 0) is 0 Å². The minimum atomic E-state index is -0.510. The van der Waals surface area contributed by atoms with Crippen LogP contribution >= 0.6 is 0 Å². The van der Waals surface area contributed by atoms with Gasteiger partial charge in [-0.05, 0) is 18.6 Å². The second kappa shape index (κ2) is 6.87. The molecule has 0 unspecified atom stereocenters. The Balaban J connectivity index is 3.01. The van der Waals surface area contributed by atoms with Crippen LogP contribution in [0.1, 0.15) is 25.3 Å². The normalized spacial score (nSPS) is 10.0. The molecule has 1 N–H and O–H groups in total. The summed E-state index contributed by atoms with van der Waals surface area (Å²) >= 11 is 0. The molecule has 4 heteroatoms. The molecule has 0 aliphatic heterocycles. The highest BCUT2D eigenvalue weighted by atomic mass is 19.1. The van der Waals surface area contributed by atoms with Crippen molar-refractivity contribution in [2.75, 3.05) is 24.6 Å². The number of unbranched alkanes of at least 4 members (excludes halogenated alkanes) is 1. The van der Waals surface area contributed by atoms with Gasteiger partial charge < -0.3 is 10.0 Å². The number of hydrogen-bond acceptors (Lipinski definition) is 3. The van der Waals surface area contributed by atoms with Gasteiger partial charge in [0.25, 0.3) is 0 Å². The molecule has 1 rings (SSSR count). The fraction of sp³-hybridized carbons (Fsp3) is 0.462. The van der Waals surface area contributed by atoms with Gasteiger partial charge in [-0.15, -0.1) is 0 Å². The first-order valence-electron chi connectivity index (χ1n) is 5.79. The fourth-order valence-electron chi connectivity index (χ4n) is 1.71. The average molecular weight is 236 g/mol. The van der Waals surface area contributed by atoms with Crippen LogP contribution in [0.15, 0.2) is 18.2 Å². The molecule has 0 amide bonds. The summed E-state index contributed by atoms with van der Waals surface area (Å²) < 4.78 is 13.5. The molecular weight excluding hydrogens is 219 g/mol. The highest BCUT2D eigenvalue weighted by molar-refractivity contribution is 5.59. The van der Waals surface area contributed by atoms with Gasteiger partial charge >= 0.3 is 0 Å². The van der Waals surface area contributed by atoms with Gasteiger partial charge in [0.1, 0.15) is 17.4 Å². The van der Waals surface area contributed by atoms with Crippen LogP contribution in [0.5, 0.6) is 0 Å². The average Bonchev–Trinajstić information content (AvgIpc) is 2.34. The maximum atomic E-state index is 13.5. The first-order valence-corrected chi connectivity index (χ1v) is 5.79. The predicted octanol–water partition coefficient (Wildman–Crippen LogP) is 2.30. The van der Waals surface area contributed by atoms with E-state index in [1.807, 2.05) is 11.0 Å². The summed E-state index contributed by atoms with van der Waals surface area (Å²) in [4.78, 5) is 1.85. The number of benzene rings is 1. The molecule has 3 nitrogen and oxygen atoms in total. The van der Waals surface area contributed by atoms with E-state index in [1.165, 1.54) is 6.07 Å². The molecule has 0 aliphatic rings. The second-order valence-electron chi connectivity index (χ2n) is 3.81. The molecule has 0 spiro atoms. The lowest BCUT2D eigenvalue weighted by molar-refractivity contribution is 0.301. The number of nitrogens with zero attached hydrogens (tertiary/aromatic N) is 2. The van der Waals surface area contributed by atoms with Crippen molar-refractivity contribution >= 4 is 5.69 Å². The van der Waals surface area contributed by atoms with Gasteiger partial charge in [0.15, 0.2) is 0 Å². The molecule has 0 aromatic heterocycles. The first-order chi connectivity index (χ1) is 8.24. The molecular formula is C13H17FN2O. The summed E-state index contributed by atoms with van der Waals surface area (Å²) in [6, 6.07) is 6.46. The van der Waals surface area contributed by atoms with Crippen molar-refractivity contribution in [2.45, 2.75) is 19.8 Å². The molecule has 17 heavy (non-hydrogen) atoms. The predicted molar refractivity (Wildman–Crippen MR) is 65.3 cm³/mol. The van der Waals surface area contributed by atoms with Crippen LogP contribution in [0.2, 0.25) is 0 Å². The molecule has 1 aromatic rings. The third kappa shape index (κ3) is 3.43. The Kier molecular flexibility index (Phi) is 5.44. The van der Waals surface area contributed by atoms with Gasteiger partial charge in [-0.2, -0.15) is 5.26 Å². The van der Waals surface area contributed by atoms with E-state index in [0.29, 0.717) is 12.2 Å². The number of anilines is 1. The Morgan fingerprint density at radius 1 is 1.41 bits per heavy atom. The van der Waals surface area contributed by atoms with E-state index in [4.69, 9.17) is 10.4 Å². The van der Waals surface area contributed by atoms with Crippen molar-refractivity contribution in [1.29, 1.82) is 5.26 Å². The zero-order chi connectivity index (χ0) is 12.7. The summed E-state index contributed by atoms with van der Waals surface area (Å²) in [5.74, 6) is -0.510. The number of aliphatic hydroxyl groups excluding tert-OH is 1. The maximum Gasteiger partial charge on any atom is 0.143 e. The number of aliphatic hydroxyl groups is 1. The number of hydrogen-bond donors (Lipinski definition) is 1. The van der Waals surface area contributed by atoms with Gasteiger partial charge in [-0.25, -0.2) is 4.39 Å². The number of rotatable bonds is 6. The largest absolute Gasteiger partial charge is 0.395 e. The van der Waals surface area contributed by atoms with Crippen LogP contribution in [-0.4, -0.2) is 24.8 Å². The van der Waals surface area contributed by atoms with E-state index in [9.17, 15) is 4.39 Å². The van der Waals surface area contributed by atoms with Crippen LogP contribution in [0.3, 0.4) is 0 Å². The third-order valence-corrected chi connectivity index (χ3v) is 2.60. The Labute approximate surface area is 101 Å². The quantitative estimate of drug-likeness (QED) is 0.824. The zero-order valence-electron chi connectivity index (χ0n) is 9.99. The van der Waals surface area contributed by atoms with Crippen molar-refractivity contribution in [3.63, 3.8) is 0 Å².